The van der Waals surface area contributed by atoms with Crippen LogP contribution < -0.4 is 10.1 Å². The molecule has 28 heavy (non-hydrogen) atoms. The van der Waals surface area contributed by atoms with Crippen LogP contribution in [0, 0.1) is 6.92 Å². The summed E-state index contributed by atoms with van der Waals surface area (Å²) in [5, 5.41) is 11.9. The van der Waals surface area contributed by atoms with E-state index in [1.165, 1.54) is 17.3 Å². The highest BCUT2D eigenvalue weighted by Crippen LogP contribution is 2.31. The molecule has 1 heterocycles. The number of amides is 1. The van der Waals surface area contributed by atoms with Crippen LogP contribution in [0.5, 0.6) is 5.75 Å². The Morgan fingerprint density at radius 1 is 1.18 bits per heavy atom. The summed E-state index contributed by atoms with van der Waals surface area (Å²) >= 11 is 1.38. The van der Waals surface area contributed by atoms with Crippen molar-refractivity contribution in [2.75, 3.05) is 7.11 Å². The van der Waals surface area contributed by atoms with E-state index in [0.29, 0.717) is 17.5 Å². The van der Waals surface area contributed by atoms with Gasteiger partial charge < -0.3 is 14.6 Å². The predicted octanol–water partition coefficient (Wildman–Crippen LogP) is 3.60. The second kappa shape index (κ2) is 8.93. The molecule has 0 unspecified atom stereocenters. The van der Waals surface area contributed by atoms with Crippen molar-refractivity contribution < 1.29 is 9.53 Å². The molecule has 6 nitrogen and oxygen atoms in total. The van der Waals surface area contributed by atoms with Crippen molar-refractivity contribution in [3.8, 4) is 17.1 Å². The summed E-state index contributed by atoms with van der Waals surface area (Å²) in [5.41, 5.74) is 3.14. The molecule has 0 saturated carbocycles. The molecule has 0 aliphatic heterocycles. The van der Waals surface area contributed by atoms with Gasteiger partial charge in [0, 0.05) is 13.6 Å². The minimum atomic E-state index is -0.293. The van der Waals surface area contributed by atoms with Gasteiger partial charge in [0.25, 0.3) is 0 Å². The summed E-state index contributed by atoms with van der Waals surface area (Å²) < 4.78 is 7.29. The van der Waals surface area contributed by atoms with Gasteiger partial charge in [-0.3, -0.25) is 4.79 Å². The molecule has 1 atom stereocenters. The van der Waals surface area contributed by atoms with E-state index < -0.39 is 0 Å². The fourth-order valence-electron chi connectivity index (χ4n) is 2.73. The van der Waals surface area contributed by atoms with Crippen LogP contribution in [-0.2, 0) is 18.4 Å². The number of para-hydroxylation sites is 1. The Bertz CT molecular complexity index is 953. The minimum absolute atomic E-state index is 0.0348. The van der Waals surface area contributed by atoms with Gasteiger partial charge in [0.05, 0.1) is 17.9 Å². The maximum atomic E-state index is 12.5. The second-order valence-electron chi connectivity index (χ2n) is 6.53. The van der Waals surface area contributed by atoms with E-state index in [9.17, 15) is 4.79 Å². The number of thioether (sulfide) groups is 1. The van der Waals surface area contributed by atoms with Crippen LogP contribution in [0.2, 0.25) is 0 Å². The highest BCUT2D eigenvalue weighted by Gasteiger charge is 2.20. The molecule has 2 aromatic carbocycles. The van der Waals surface area contributed by atoms with Crippen molar-refractivity contribution in [2.24, 2.45) is 7.05 Å². The van der Waals surface area contributed by atoms with Gasteiger partial charge in [0.2, 0.25) is 5.91 Å². The summed E-state index contributed by atoms with van der Waals surface area (Å²) in [5.74, 6) is 1.40. The highest BCUT2D eigenvalue weighted by atomic mass is 32.2. The maximum absolute atomic E-state index is 12.5. The molecule has 1 amide bonds. The first kappa shape index (κ1) is 19.9. The molecule has 0 spiro atoms. The lowest BCUT2D eigenvalue weighted by atomic mass is 10.1. The van der Waals surface area contributed by atoms with E-state index in [4.69, 9.17) is 4.74 Å². The molecule has 146 valence electrons. The number of hydrogen-bond donors (Lipinski definition) is 1. The summed E-state index contributed by atoms with van der Waals surface area (Å²) in [6.45, 7) is 4.42. The lowest BCUT2D eigenvalue weighted by molar-refractivity contribution is -0.120. The zero-order chi connectivity index (χ0) is 20.1. The fraction of sp³-hybridized carbons (Fsp3) is 0.286. The number of benzene rings is 2. The Morgan fingerprint density at radius 2 is 1.89 bits per heavy atom. The number of nitrogens with zero attached hydrogens (tertiary/aromatic N) is 3. The van der Waals surface area contributed by atoms with Gasteiger partial charge in [0.1, 0.15) is 5.75 Å². The lowest BCUT2D eigenvalue weighted by Gasteiger charge is -2.12. The van der Waals surface area contributed by atoms with Crippen LogP contribution >= 0.6 is 11.8 Å². The molecule has 7 heteroatoms. The topological polar surface area (TPSA) is 69.0 Å². The third-order valence-corrected chi connectivity index (χ3v) is 5.56. The monoisotopic (exact) mass is 396 g/mol. The number of carbonyl (C=O) groups is 1. The quantitative estimate of drug-likeness (QED) is 0.618. The molecule has 1 N–H and O–H groups in total. The number of aryl methyl sites for hydroxylation is 1. The Kier molecular flexibility index (Phi) is 6.36. The Balaban J connectivity index is 1.65. The summed E-state index contributed by atoms with van der Waals surface area (Å²) in [6, 6.07) is 15.8. The zero-order valence-electron chi connectivity index (χ0n) is 16.5. The van der Waals surface area contributed by atoms with Gasteiger partial charge >= 0.3 is 0 Å². The SMILES string of the molecule is COc1ccccc1-c1nnc(S[C@H](C)C(=O)NCc2ccc(C)cc2)n1C. The molecular weight excluding hydrogens is 372 g/mol. The molecular formula is C21H24N4O2S. The molecule has 3 aromatic rings. The van der Waals surface area contributed by atoms with E-state index in [2.05, 4.69) is 15.5 Å². The summed E-state index contributed by atoms with van der Waals surface area (Å²) in [6.07, 6.45) is 0. The second-order valence-corrected chi connectivity index (χ2v) is 7.84. The lowest BCUT2D eigenvalue weighted by Crippen LogP contribution is -2.30. The Hall–Kier alpha value is -2.80. The van der Waals surface area contributed by atoms with Gasteiger partial charge in [-0.1, -0.05) is 53.7 Å². The van der Waals surface area contributed by atoms with Gasteiger partial charge in [-0.2, -0.15) is 0 Å². The molecule has 0 saturated heterocycles. The molecule has 0 bridgehead atoms. The van der Waals surface area contributed by atoms with E-state index in [1.54, 1.807) is 7.11 Å². The van der Waals surface area contributed by atoms with Crippen molar-refractivity contribution in [3.63, 3.8) is 0 Å². The van der Waals surface area contributed by atoms with E-state index in [0.717, 1.165) is 16.9 Å². The Morgan fingerprint density at radius 3 is 2.61 bits per heavy atom. The summed E-state index contributed by atoms with van der Waals surface area (Å²) in [7, 11) is 3.52. The molecule has 1 aromatic heterocycles. The minimum Gasteiger partial charge on any atom is -0.496 e. The van der Waals surface area contributed by atoms with Crippen molar-refractivity contribution in [1.82, 2.24) is 20.1 Å². The van der Waals surface area contributed by atoms with Crippen molar-refractivity contribution in [3.05, 3.63) is 59.7 Å². The van der Waals surface area contributed by atoms with Crippen LogP contribution in [-0.4, -0.2) is 33.0 Å². The first-order valence-electron chi connectivity index (χ1n) is 9.02. The van der Waals surface area contributed by atoms with Crippen molar-refractivity contribution in [2.45, 2.75) is 30.8 Å². The molecule has 3 rings (SSSR count). The standard InChI is InChI=1S/C21H24N4O2S/c1-14-9-11-16(12-10-14)13-22-20(26)15(2)28-21-24-23-19(25(21)3)17-7-5-6-8-18(17)27-4/h5-12,15H,13H2,1-4H3,(H,22,26)/t15-/m1/s1. The highest BCUT2D eigenvalue weighted by molar-refractivity contribution is 8.00. The van der Waals surface area contributed by atoms with Crippen LogP contribution in [0.1, 0.15) is 18.1 Å². The molecule has 0 aliphatic carbocycles. The average molecular weight is 397 g/mol. The molecule has 0 radical (unpaired) electrons. The van der Waals surface area contributed by atoms with Gasteiger partial charge in [0.15, 0.2) is 11.0 Å². The predicted molar refractivity (Wildman–Crippen MR) is 111 cm³/mol. The maximum Gasteiger partial charge on any atom is 0.233 e. The van der Waals surface area contributed by atoms with Crippen LogP contribution in [0.25, 0.3) is 11.4 Å². The third-order valence-electron chi connectivity index (χ3n) is 4.42. The first-order chi connectivity index (χ1) is 13.5. The number of ether oxygens (including phenoxy) is 1. The van der Waals surface area contributed by atoms with Crippen LogP contribution in [0.15, 0.2) is 53.7 Å². The van der Waals surface area contributed by atoms with E-state index in [-0.39, 0.29) is 11.2 Å². The van der Waals surface area contributed by atoms with Crippen LogP contribution in [0.3, 0.4) is 0 Å². The number of methoxy groups -OCH3 is 1. The molecule has 0 fully saturated rings. The largest absolute Gasteiger partial charge is 0.496 e. The number of aromatic nitrogens is 3. The van der Waals surface area contributed by atoms with Crippen molar-refractivity contribution in [1.29, 1.82) is 0 Å². The fourth-order valence-corrected chi connectivity index (χ4v) is 3.57. The normalized spacial score (nSPS) is 11.9. The van der Waals surface area contributed by atoms with E-state index >= 15 is 0 Å². The zero-order valence-corrected chi connectivity index (χ0v) is 17.3. The van der Waals surface area contributed by atoms with Gasteiger partial charge in [-0.25, -0.2) is 0 Å². The van der Waals surface area contributed by atoms with Crippen molar-refractivity contribution >= 4 is 17.7 Å². The summed E-state index contributed by atoms with van der Waals surface area (Å²) in [4.78, 5) is 12.5. The number of carbonyl (C=O) groups excluding carboxylic acids is 1. The number of hydrogen-bond acceptors (Lipinski definition) is 5. The number of nitrogens with one attached hydrogen (secondary N) is 1. The first-order valence-corrected chi connectivity index (χ1v) is 9.90. The van der Waals surface area contributed by atoms with Gasteiger partial charge in [-0.05, 0) is 31.5 Å². The van der Waals surface area contributed by atoms with E-state index in [1.807, 2.05) is 74.0 Å². The van der Waals surface area contributed by atoms with Crippen LogP contribution in [0.4, 0.5) is 0 Å². The molecule has 0 aliphatic rings. The average Bonchev–Trinajstić information content (AvgIpc) is 3.07. The smallest absolute Gasteiger partial charge is 0.233 e. The van der Waals surface area contributed by atoms with Gasteiger partial charge in [-0.15, -0.1) is 10.2 Å². The third kappa shape index (κ3) is 4.54. The Labute approximate surface area is 169 Å². The number of rotatable bonds is 7.